The minimum atomic E-state index is -3.31. The molecule has 0 spiro atoms. The van der Waals surface area contributed by atoms with Crippen molar-refractivity contribution in [3.8, 4) is 0 Å². The SMILES string of the molecule is CC(C)N(C(=O)C1CC(=O)N(c2ccc3c(c2)CCC3)C1)c1ccc(S(C)(=O)=O)cc1. The highest BCUT2D eigenvalue weighted by Gasteiger charge is 2.38. The molecule has 2 aromatic carbocycles. The zero-order chi connectivity index (χ0) is 22.3. The lowest BCUT2D eigenvalue weighted by Crippen LogP contribution is -2.42. The number of benzene rings is 2. The summed E-state index contributed by atoms with van der Waals surface area (Å²) in [4.78, 5) is 29.8. The van der Waals surface area contributed by atoms with E-state index >= 15 is 0 Å². The van der Waals surface area contributed by atoms with Gasteiger partial charge in [-0.2, -0.15) is 0 Å². The molecule has 1 atom stereocenters. The molecule has 2 amide bonds. The van der Waals surface area contributed by atoms with Crippen molar-refractivity contribution in [3.63, 3.8) is 0 Å². The number of sulfone groups is 1. The average Bonchev–Trinajstić information content (AvgIpc) is 3.33. The molecule has 1 saturated heterocycles. The first-order valence-electron chi connectivity index (χ1n) is 10.7. The molecule has 2 aromatic rings. The van der Waals surface area contributed by atoms with Crippen LogP contribution in [0.5, 0.6) is 0 Å². The summed E-state index contributed by atoms with van der Waals surface area (Å²) in [5.74, 6) is -0.579. The molecule has 0 bridgehead atoms. The van der Waals surface area contributed by atoms with E-state index in [4.69, 9.17) is 0 Å². The van der Waals surface area contributed by atoms with Crippen LogP contribution < -0.4 is 9.80 Å². The van der Waals surface area contributed by atoms with Crippen LogP contribution in [0.2, 0.25) is 0 Å². The second-order valence-corrected chi connectivity index (χ2v) is 10.8. The van der Waals surface area contributed by atoms with Crippen molar-refractivity contribution in [2.24, 2.45) is 5.92 Å². The zero-order valence-corrected chi connectivity index (χ0v) is 19.0. The summed E-state index contributed by atoms with van der Waals surface area (Å²) >= 11 is 0. The molecule has 31 heavy (non-hydrogen) atoms. The maximum Gasteiger partial charge on any atom is 0.232 e. The van der Waals surface area contributed by atoms with Crippen LogP contribution in [0.1, 0.15) is 37.8 Å². The largest absolute Gasteiger partial charge is 0.312 e. The van der Waals surface area contributed by atoms with Crippen molar-refractivity contribution in [3.05, 3.63) is 53.6 Å². The van der Waals surface area contributed by atoms with Crippen LogP contribution in [0, 0.1) is 5.92 Å². The maximum atomic E-state index is 13.4. The number of anilines is 2. The standard InChI is InChI=1S/C24H28N2O4S/c1-16(2)26(20-9-11-22(12-10-20)31(3,29)30)24(28)19-14-23(27)25(15-19)21-8-7-17-5-4-6-18(17)13-21/h7-13,16,19H,4-6,14-15H2,1-3H3. The van der Waals surface area contributed by atoms with E-state index in [1.165, 1.54) is 23.3 Å². The van der Waals surface area contributed by atoms with Gasteiger partial charge in [0.1, 0.15) is 0 Å². The fourth-order valence-electron chi connectivity index (χ4n) is 4.58. The molecule has 6 nitrogen and oxygen atoms in total. The van der Waals surface area contributed by atoms with Crippen LogP contribution in [0.3, 0.4) is 0 Å². The van der Waals surface area contributed by atoms with E-state index in [-0.39, 0.29) is 29.2 Å². The van der Waals surface area contributed by atoms with E-state index in [1.54, 1.807) is 21.9 Å². The van der Waals surface area contributed by atoms with Gasteiger partial charge in [0.15, 0.2) is 9.84 Å². The first-order chi connectivity index (χ1) is 14.6. The molecular formula is C24H28N2O4S. The molecule has 0 N–H and O–H groups in total. The third-order valence-electron chi connectivity index (χ3n) is 6.16. The molecule has 0 radical (unpaired) electrons. The predicted molar refractivity (Wildman–Crippen MR) is 121 cm³/mol. The first kappa shape index (κ1) is 21.6. The molecule has 2 aliphatic rings. The van der Waals surface area contributed by atoms with Gasteiger partial charge >= 0.3 is 0 Å². The molecule has 1 aliphatic heterocycles. The third-order valence-corrected chi connectivity index (χ3v) is 7.29. The van der Waals surface area contributed by atoms with Gasteiger partial charge < -0.3 is 9.80 Å². The summed E-state index contributed by atoms with van der Waals surface area (Å²) in [6.45, 7) is 4.19. The van der Waals surface area contributed by atoms with E-state index in [9.17, 15) is 18.0 Å². The maximum absolute atomic E-state index is 13.4. The minimum Gasteiger partial charge on any atom is -0.312 e. The number of aryl methyl sites for hydroxylation is 2. The molecular weight excluding hydrogens is 412 g/mol. The van der Waals surface area contributed by atoms with Gasteiger partial charge in [-0.3, -0.25) is 9.59 Å². The Kier molecular flexibility index (Phi) is 5.64. The highest BCUT2D eigenvalue weighted by Crippen LogP contribution is 2.32. The Bertz CT molecular complexity index is 1120. The summed E-state index contributed by atoms with van der Waals surface area (Å²) in [5, 5.41) is 0. The van der Waals surface area contributed by atoms with Crippen LogP contribution in [0.4, 0.5) is 11.4 Å². The first-order valence-corrected chi connectivity index (χ1v) is 12.6. The van der Waals surface area contributed by atoms with Crippen molar-refractivity contribution in [1.29, 1.82) is 0 Å². The van der Waals surface area contributed by atoms with Crippen molar-refractivity contribution in [2.45, 2.75) is 50.5 Å². The minimum absolute atomic E-state index is 0.0348. The number of fused-ring (bicyclic) bond motifs is 1. The van der Waals surface area contributed by atoms with Gasteiger partial charge in [-0.15, -0.1) is 0 Å². The van der Waals surface area contributed by atoms with Crippen LogP contribution in [-0.2, 0) is 32.3 Å². The number of hydrogen-bond acceptors (Lipinski definition) is 4. The smallest absolute Gasteiger partial charge is 0.232 e. The number of hydrogen-bond donors (Lipinski definition) is 0. The van der Waals surface area contributed by atoms with Crippen molar-refractivity contribution >= 4 is 33.0 Å². The van der Waals surface area contributed by atoms with Gasteiger partial charge in [-0.25, -0.2) is 8.42 Å². The number of carbonyl (C=O) groups is 2. The van der Waals surface area contributed by atoms with Gasteiger partial charge in [0.25, 0.3) is 0 Å². The van der Waals surface area contributed by atoms with Gasteiger partial charge in [-0.05, 0) is 80.6 Å². The zero-order valence-electron chi connectivity index (χ0n) is 18.2. The molecule has 1 aliphatic carbocycles. The highest BCUT2D eigenvalue weighted by atomic mass is 32.2. The lowest BCUT2D eigenvalue weighted by atomic mass is 10.1. The van der Waals surface area contributed by atoms with Crippen LogP contribution in [0.15, 0.2) is 47.4 Å². The molecule has 164 valence electrons. The highest BCUT2D eigenvalue weighted by molar-refractivity contribution is 7.90. The Morgan fingerprint density at radius 2 is 1.74 bits per heavy atom. The molecule has 1 unspecified atom stereocenters. The van der Waals surface area contributed by atoms with Crippen molar-refractivity contribution < 1.29 is 18.0 Å². The van der Waals surface area contributed by atoms with E-state index in [0.717, 1.165) is 31.2 Å². The Morgan fingerprint density at radius 3 is 2.39 bits per heavy atom. The fourth-order valence-corrected chi connectivity index (χ4v) is 5.21. The summed E-state index contributed by atoms with van der Waals surface area (Å²) in [7, 11) is -3.31. The van der Waals surface area contributed by atoms with E-state index < -0.39 is 15.8 Å². The Balaban J connectivity index is 1.55. The molecule has 1 heterocycles. The summed E-state index contributed by atoms with van der Waals surface area (Å²) in [6.07, 6.45) is 4.62. The average molecular weight is 441 g/mol. The number of nitrogens with zero attached hydrogens (tertiary/aromatic N) is 2. The van der Waals surface area contributed by atoms with Crippen LogP contribution in [0.25, 0.3) is 0 Å². The summed E-state index contributed by atoms with van der Waals surface area (Å²) in [6, 6.07) is 12.4. The van der Waals surface area contributed by atoms with Crippen molar-refractivity contribution in [2.75, 3.05) is 22.6 Å². The van der Waals surface area contributed by atoms with Crippen molar-refractivity contribution in [1.82, 2.24) is 0 Å². The topological polar surface area (TPSA) is 74.8 Å². The second kappa shape index (κ2) is 8.11. The molecule has 1 fully saturated rings. The van der Waals surface area contributed by atoms with E-state index in [2.05, 4.69) is 12.1 Å². The second-order valence-electron chi connectivity index (χ2n) is 8.78. The van der Waals surface area contributed by atoms with Gasteiger partial charge in [0, 0.05) is 36.6 Å². The molecule has 0 aromatic heterocycles. The fraction of sp³-hybridized carbons (Fsp3) is 0.417. The number of rotatable bonds is 5. The normalized spacial score (nSPS) is 18.5. The predicted octanol–water partition coefficient (Wildman–Crippen LogP) is 3.37. The van der Waals surface area contributed by atoms with Crippen LogP contribution >= 0.6 is 0 Å². The molecule has 4 rings (SSSR count). The summed E-state index contributed by atoms with van der Waals surface area (Å²) < 4.78 is 23.5. The lowest BCUT2D eigenvalue weighted by Gasteiger charge is -2.29. The Morgan fingerprint density at radius 1 is 1.06 bits per heavy atom. The van der Waals surface area contributed by atoms with E-state index in [1.807, 2.05) is 19.9 Å². The quantitative estimate of drug-likeness (QED) is 0.714. The molecule has 0 saturated carbocycles. The number of carbonyl (C=O) groups excluding carboxylic acids is 2. The van der Waals surface area contributed by atoms with Crippen LogP contribution in [-0.4, -0.2) is 39.1 Å². The lowest BCUT2D eigenvalue weighted by molar-refractivity contribution is -0.124. The molecule has 7 heteroatoms. The van der Waals surface area contributed by atoms with Gasteiger partial charge in [0.2, 0.25) is 11.8 Å². The van der Waals surface area contributed by atoms with Gasteiger partial charge in [-0.1, -0.05) is 6.07 Å². The number of amides is 2. The monoisotopic (exact) mass is 440 g/mol. The Hall–Kier alpha value is -2.67. The Labute approximate surface area is 183 Å². The third kappa shape index (κ3) is 4.24. The van der Waals surface area contributed by atoms with E-state index in [0.29, 0.717) is 12.2 Å². The van der Waals surface area contributed by atoms with Gasteiger partial charge in [0.05, 0.1) is 10.8 Å². The summed E-state index contributed by atoms with van der Waals surface area (Å²) in [5.41, 5.74) is 4.16.